The predicted octanol–water partition coefficient (Wildman–Crippen LogP) is 1.01. The van der Waals surface area contributed by atoms with Gasteiger partial charge in [-0.2, -0.15) is 0 Å². The highest BCUT2D eigenvalue weighted by Gasteiger charge is 2.35. The molecule has 1 amide bonds. The highest BCUT2D eigenvalue weighted by molar-refractivity contribution is 5.99. The Balaban J connectivity index is 2.26. The molecule has 1 fully saturated rings. The molecule has 1 aliphatic rings. The van der Waals surface area contributed by atoms with Crippen molar-refractivity contribution in [3.8, 4) is 0 Å². The van der Waals surface area contributed by atoms with Gasteiger partial charge < -0.3 is 15.7 Å². The number of aryl methyl sites for hydroxylation is 1. The third-order valence-electron chi connectivity index (χ3n) is 3.05. The zero-order valence-corrected chi connectivity index (χ0v) is 9.51. The van der Waals surface area contributed by atoms with Crippen molar-refractivity contribution in [2.45, 2.75) is 13.3 Å². The van der Waals surface area contributed by atoms with Gasteiger partial charge in [0, 0.05) is 24.3 Å². The van der Waals surface area contributed by atoms with Crippen LogP contribution in [0.25, 0.3) is 0 Å². The summed E-state index contributed by atoms with van der Waals surface area (Å²) in [6.07, 6.45) is 0.0586. The van der Waals surface area contributed by atoms with Crippen LogP contribution >= 0.6 is 0 Å². The van der Waals surface area contributed by atoms with E-state index in [4.69, 9.17) is 10.8 Å². The lowest BCUT2D eigenvalue weighted by Crippen LogP contribution is -2.25. The molecule has 1 heterocycles. The molecule has 90 valence electrons. The second-order valence-electron chi connectivity index (χ2n) is 4.28. The topological polar surface area (TPSA) is 83.6 Å². The van der Waals surface area contributed by atoms with Gasteiger partial charge in [-0.05, 0) is 24.6 Å². The molecule has 0 spiro atoms. The second-order valence-corrected chi connectivity index (χ2v) is 4.28. The predicted molar refractivity (Wildman–Crippen MR) is 63.7 cm³/mol. The number of amides is 1. The van der Waals surface area contributed by atoms with Crippen molar-refractivity contribution in [1.29, 1.82) is 0 Å². The maximum absolute atomic E-state index is 11.7. The number of nitrogens with zero attached hydrogens (tertiary/aromatic N) is 1. The van der Waals surface area contributed by atoms with Crippen LogP contribution in [0.5, 0.6) is 0 Å². The van der Waals surface area contributed by atoms with Crippen LogP contribution in [0, 0.1) is 12.8 Å². The number of nitrogens with two attached hydrogens (primary N) is 1. The van der Waals surface area contributed by atoms with Crippen LogP contribution < -0.4 is 10.6 Å². The van der Waals surface area contributed by atoms with Crippen molar-refractivity contribution in [2.75, 3.05) is 17.2 Å². The normalized spacial score (nSPS) is 19.7. The molecule has 0 aromatic heterocycles. The Bertz CT molecular complexity index is 485. The number of aliphatic carboxylic acids is 1. The van der Waals surface area contributed by atoms with Gasteiger partial charge in [-0.15, -0.1) is 0 Å². The number of carboxylic acid groups (broad SMARTS) is 1. The van der Waals surface area contributed by atoms with Gasteiger partial charge in [0.1, 0.15) is 0 Å². The second kappa shape index (κ2) is 4.08. The number of nitrogen functional groups attached to an aromatic ring is 1. The molecule has 3 N–H and O–H groups in total. The van der Waals surface area contributed by atoms with E-state index in [9.17, 15) is 9.59 Å². The van der Waals surface area contributed by atoms with Crippen molar-refractivity contribution in [3.63, 3.8) is 0 Å². The third-order valence-corrected chi connectivity index (χ3v) is 3.05. The van der Waals surface area contributed by atoms with Crippen molar-refractivity contribution in [2.24, 2.45) is 5.92 Å². The van der Waals surface area contributed by atoms with E-state index in [0.29, 0.717) is 11.4 Å². The Morgan fingerprint density at radius 3 is 2.76 bits per heavy atom. The van der Waals surface area contributed by atoms with Crippen molar-refractivity contribution in [3.05, 3.63) is 23.8 Å². The number of anilines is 2. The average Bonchev–Trinajstić information content (AvgIpc) is 2.65. The minimum Gasteiger partial charge on any atom is -0.481 e. The van der Waals surface area contributed by atoms with Gasteiger partial charge in [0.25, 0.3) is 0 Å². The standard InChI is InChI=1S/C12H14N2O3/c1-7-2-3-9(5-10(7)13)14-6-8(12(16)17)4-11(14)15/h2-3,5,8H,4,6,13H2,1H3,(H,16,17)/t8-/m1/s1. The van der Waals surface area contributed by atoms with Crippen molar-refractivity contribution < 1.29 is 14.7 Å². The van der Waals surface area contributed by atoms with Gasteiger partial charge in [0.2, 0.25) is 5.91 Å². The molecule has 1 aromatic carbocycles. The minimum atomic E-state index is -0.930. The fraction of sp³-hybridized carbons (Fsp3) is 0.333. The lowest BCUT2D eigenvalue weighted by molar-refractivity contribution is -0.141. The van der Waals surface area contributed by atoms with Gasteiger partial charge in [-0.3, -0.25) is 9.59 Å². The van der Waals surface area contributed by atoms with Gasteiger partial charge in [0.05, 0.1) is 5.92 Å². The number of carbonyl (C=O) groups is 2. The molecule has 5 nitrogen and oxygen atoms in total. The van der Waals surface area contributed by atoms with Crippen LogP contribution in [0.15, 0.2) is 18.2 Å². The van der Waals surface area contributed by atoms with Gasteiger partial charge in [0.15, 0.2) is 0 Å². The van der Waals surface area contributed by atoms with Crippen LogP contribution in [0.3, 0.4) is 0 Å². The maximum atomic E-state index is 11.7. The first kappa shape index (κ1) is 11.4. The lowest BCUT2D eigenvalue weighted by atomic mass is 10.1. The zero-order valence-electron chi connectivity index (χ0n) is 9.51. The SMILES string of the molecule is Cc1ccc(N2C[C@H](C(=O)O)CC2=O)cc1N. The Morgan fingerprint density at radius 1 is 1.53 bits per heavy atom. The van der Waals surface area contributed by atoms with E-state index in [1.54, 1.807) is 12.1 Å². The Kier molecular flexibility index (Phi) is 2.75. The molecule has 1 saturated heterocycles. The smallest absolute Gasteiger partial charge is 0.308 e. The fourth-order valence-corrected chi connectivity index (χ4v) is 1.92. The summed E-state index contributed by atoms with van der Waals surface area (Å²) in [6.45, 7) is 2.10. The highest BCUT2D eigenvalue weighted by Crippen LogP contribution is 2.27. The first-order valence-corrected chi connectivity index (χ1v) is 5.38. The highest BCUT2D eigenvalue weighted by atomic mass is 16.4. The van der Waals surface area contributed by atoms with E-state index < -0.39 is 11.9 Å². The molecule has 17 heavy (non-hydrogen) atoms. The summed E-state index contributed by atoms with van der Waals surface area (Å²) in [5, 5.41) is 8.89. The molecule has 0 bridgehead atoms. The zero-order chi connectivity index (χ0) is 12.6. The Labute approximate surface area is 98.8 Å². The van der Waals surface area contributed by atoms with Crippen LogP contribution in [0.4, 0.5) is 11.4 Å². The molecule has 0 saturated carbocycles. The molecular formula is C12H14N2O3. The number of carbonyl (C=O) groups excluding carboxylic acids is 1. The maximum Gasteiger partial charge on any atom is 0.308 e. The first-order chi connectivity index (χ1) is 7.99. The summed E-state index contributed by atoms with van der Waals surface area (Å²) in [6, 6.07) is 5.32. The average molecular weight is 234 g/mol. The monoisotopic (exact) mass is 234 g/mol. The largest absolute Gasteiger partial charge is 0.481 e. The molecule has 0 aliphatic carbocycles. The quantitative estimate of drug-likeness (QED) is 0.748. The lowest BCUT2D eigenvalue weighted by Gasteiger charge is -2.17. The van der Waals surface area contributed by atoms with E-state index in [2.05, 4.69) is 0 Å². The summed E-state index contributed by atoms with van der Waals surface area (Å²) in [4.78, 5) is 24.0. The van der Waals surface area contributed by atoms with Crippen LogP contribution in [-0.4, -0.2) is 23.5 Å². The molecular weight excluding hydrogens is 220 g/mol. The minimum absolute atomic E-state index is 0.0586. The van der Waals surface area contributed by atoms with E-state index in [0.717, 1.165) is 5.56 Å². The number of hydrogen-bond acceptors (Lipinski definition) is 3. The van der Waals surface area contributed by atoms with Gasteiger partial charge >= 0.3 is 5.97 Å². The van der Waals surface area contributed by atoms with Crippen LogP contribution in [0.2, 0.25) is 0 Å². The number of carboxylic acids is 1. The number of hydrogen-bond donors (Lipinski definition) is 2. The molecule has 2 rings (SSSR count). The summed E-state index contributed by atoms with van der Waals surface area (Å²) in [5.74, 6) is -1.72. The first-order valence-electron chi connectivity index (χ1n) is 5.38. The van der Waals surface area contributed by atoms with Crippen LogP contribution in [0.1, 0.15) is 12.0 Å². The molecule has 0 unspecified atom stereocenters. The molecule has 0 radical (unpaired) electrons. The van der Waals surface area contributed by atoms with E-state index in [1.165, 1.54) is 4.90 Å². The summed E-state index contributed by atoms with van der Waals surface area (Å²) < 4.78 is 0. The number of rotatable bonds is 2. The van der Waals surface area contributed by atoms with E-state index in [-0.39, 0.29) is 18.9 Å². The molecule has 1 atom stereocenters. The molecule has 1 aromatic rings. The van der Waals surface area contributed by atoms with E-state index >= 15 is 0 Å². The van der Waals surface area contributed by atoms with Gasteiger partial charge in [-0.1, -0.05) is 6.07 Å². The molecule has 5 heteroatoms. The Morgan fingerprint density at radius 2 is 2.24 bits per heavy atom. The molecule has 1 aliphatic heterocycles. The van der Waals surface area contributed by atoms with E-state index in [1.807, 2.05) is 13.0 Å². The summed E-state index contributed by atoms with van der Waals surface area (Å²) in [5.41, 5.74) is 7.99. The number of benzene rings is 1. The van der Waals surface area contributed by atoms with Crippen LogP contribution in [-0.2, 0) is 9.59 Å². The summed E-state index contributed by atoms with van der Waals surface area (Å²) >= 11 is 0. The summed E-state index contributed by atoms with van der Waals surface area (Å²) in [7, 11) is 0. The van der Waals surface area contributed by atoms with Gasteiger partial charge in [-0.25, -0.2) is 0 Å². The third kappa shape index (κ3) is 2.08. The van der Waals surface area contributed by atoms with Crippen molar-refractivity contribution >= 4 is 23.3 Å². The fourth-order valence-electron chi connectivity index (χ4n) is 1.92. The van der Waals surface area contributed by atoms with Crippen molar-refractivity contribution in [1.82, 2.24) is 0 Å². The Hall–Kier alpha value is -2.04.